The van der Waals surface area contributed by atoms with Crippen LogP contribution >= 0.6 is 11.6 Å². The molecule has 3 nitrogen and oxygen atoms in total. The van der Waals surface area contributed by atoms with Gasteiger partial charge in [-0.2, -0.15) is 0 Å². The van der Waals surface area contributed by atoms with Gasteiger partial charge < -0.3 is 10.6 Å². The van der Waals surface area contributed by atoms with Crippen LogP contribution in [-0.2, 0) is 0 Å². The Hall–Kier alpha value is -1.22. The molecule has 0 fully saturated rings. The molecule has 0 bridgehead atoms. The number of hydrogen-bond acceptors (Lipinski definition) is 2. The summed E-state index contributed by atoms with van der Waals surface area (Å²) in [6.45, 7) is 2.76. The molecule has 1 rings (SSSR count). The largest absolute Gasteiger partial charge is 0.398 e. The highest BCUT2D eigenvalue weighted by Gasteiger charge is 2.11. The maximum Gasteiger partial charge on any atom is 0.253 e. The molecule has 0 radical (unpaired) electrons. The summed E-state index contributed by atoms with van der Waals surface area (Å²) in [6, 6.07) is 4.94. The van der Waals surface area contributed by atoms with E-state index in [1.165, 1.54) is 0 Å². The van der Waals surface area contributed by atoms with Gasteiger partial charge in [-0.15, -0.1) is 0 Å². The minimum atomic E-state index is -0.0289. The van der Waals surface area contributed by atoms with E-state index >= 15 is 0 Å². The molecule has 0 saturated heterocycles. The number of halogens is 1. The van der Waals surface area contributed by atoms with Crippen LogP contribution in [0, 0.1) is 0 Å². The van der Waals surface area contributed by atoms with Crippen molar-refractivity contribution in [2.45, 2.75) is 13.3 Å². The summed E-state index contributed by atoms with van der Waals surface area (Å²) in [5.74, 6) is -0.0289. The molecule has 0 heterocycles. The van der Waals surface area contributed by atoms with Crippen molar-refractivity contribution in [1.29, 1.82) is 0 Å². The molecule has 4 heteroatoms. The predicted octanol–water partition coefficient (Wildman–Crippen LogP) is 2.40. The summed E-state index contributed by atoms with van der Waals surface area (Å²) >= 11 is 5.84. The smallest absolute Gasteiger partial charge is 0.253 e. The second kappa shape index (κ2) is 5.03. The van der Waals surface area contributed by atoms with Crippen LogP contribution in [-0.4, -0.2) is 24.4 Å². The van der Waals surface area contributed by atoms with Crippen molar-refractivity contribution in [2.75, 3.05) is 19.3 Å². The van der Waals surface area contributed by atoms with Gasteiger partial charge in [-0.25, -0.2) is 0 Å². The summed E-state index contributed by atoms with van der Waals surface area (Å²) in [6.07, 6.45) is 0.935. The van der Waals surface area contributed by atoms with Gasteiger partial charge in [0.25, 0.3) is 5.91 Å². The summed E-state index contributed by atoms with van der Waals surface area (Å²) in [5, 5.41) is 0.422. The number of anilines is 1. The zero-order valence-corrected chi connectivity index (χ0v) is 9.71. The Balaban J connectivity index is 2.87. The SMILES string of the molecule is CCCN(C)C(=O)c1ccc(N)c(Cl)c1. The molecule has 0 unspecified atom stereocenters. The molecule has 0 spiro atoms. The Kier molecular flexibility index (Phi) is 3.97. The molecule has 1 aromatic rings. The minimum Gasteiger partial charge on any atom is -0.398 e. The number of nitrogen functional groups attached to an aromatic ring is 1. The molecule has 0 aliphatic rings. The monoisotopic (exact) mass is 226 g/mol. The van der Waals surface area contributed by atoms with Crippen molar-refractivity contribution < 1.29 is 4.79 Å². The number of nitrogens with two attached hydrogens (primary N) is 1. The quantitative estimate of drug-likeness (QED) is 0.805. The molecule has 1 aromatic carbocycles. The van der Waals surface area contributed by atoms with E-state index in [4.69, 9.17) is 17.3 Å². The van der Waals surface area contributed by atoms with Crippen LogP contribution in [0.3, 0.4) is 0 Å². The average Bonchev–Trinajstić information content (AvgIpc) is 2.21. The van der Waals surface area contributed by atoms with E-state index in [1.807, 2.05) is 6.92 Å². The van der Waals surface area contributed by atoms with Crippen LogP contribution < -0.4 is 5.73 Å². The number of rotatable bonds is 3. The maximum absolute atomic E-state index is 11.8. The van der Waals surface area contributed by atoms with Crippen LogP contribution in [0.4, 0.5) is 5.69 Å². The Bertz CT molecular complexity index is 366. The van der Waals surface area contributed by atoms with Crippen LogP contribution in [0.25, 0.3) is 0 Å². The van der Waals surface area contributed by atoms with E-state index in [0.29, 0.717) is 16.3 Å². The van der Waals surface area contributed by atoms with Crippen molar-refractivity contribution in [1.82, 2.24) is 4.90 Å². The number of hydrogen-bond donors (Lipinski definition) is 1. The highest BCUT2D eigenvalue weighted by Crippen LogP contribution is 2.20. The van der Waals surface area contributed by atoms with Gasteiger partial charge in [0.15, 0.2) is 0 Å². The molecule has 0 aliphatic heterocycles. The molecule has 0 aliphatic carbocycles. The first-order valence-electron chi connectivity index (χ1n) is 4.86. The second-order valence-electron chi connectivity index (χ2n) is 3.46. The Morgan fingerprint density at radius 2 is 2.20 bits per heavy atom. The molecule has 0 saturated carbocycles. The number of amides is 1. The first kappa shape index (κ1) is 11.9. The summed E-state index contributed by atoms with van der Waals surface area (Å²) in [5.41, 5.74) is 6.63. The minimum absolute atomic E-state index is 0.0289. The third-order valence-electron chi connectivity index (χ3n) is 2.15. The highest BCUT2D eigenvalue weighted by molar-refractivity contribution is 6.33. The van der Waals surface area contributed by atoms with E-state index in [-0.39, 0.29) is 5.91 Å². The highest BCUT2D eigenvalue weighted by atomic mass is 35.5. The topological polar surface area (TPSA) is 46.3 Å². The molecule has 2 N–H and O–H groups in total. The van der Waals surface area contributed by atoms with Gasteiger partial charge in [0, 0.05) is 19.2 Å². The van der Waals surface area contributed by atoms with Crippen molar-refractivity contribution in [3.05, 3.63) is 28.8 Å². The van der Waals surface area contributed by atoms with Gasteiger partial charge in [0.1, 0.15) is 0 Å². The normalized spacial score (nSPS) is 10.1. The van der Waals surface area contributed by atoms with Crippen molar-refractivity contribution in [3.63, 3.8) is 0 Å². The summed E-state index contributed by atoms with van der Waals surface area (Å²) < 4.78 is 0. The lowest BCUT2D eigenvalue weighted by atomic mass is 10.2. The van der Waals surface area contributed by atoms with Gasteiger partial charge >= 0.3 is 0 Å². The third kappa shape index (κ3) is 2.86. The Morgan fingerprint density at radius 3 is 2.73 bits per heavy atom. The fraction of sp³-hybridized carbons (Fsp3) is 0.364. The molecular weight excluding hydrogens is 212 g/mol. The lowest BCUT2D eigenvalue weighted by Gasteiger charge is -2.16. The number of carbonyl (C=O) groups excluding carboxylic acids is 1. The summed E-state index contributed by atoms with van der Waals surface area (Å²) in [4.78, 5) is 13.5. The van der Waals surface area contributed by atoms with E-state index in [2.05, 4.69) is 0 Å². The van der Waals surface area contributed by atoms with Crippen LogP contribution in [0.1, 0.15) is 23.7 Å². The number of benzene rings is 1. The molecule has 0 aromatic heterocycles. The molecule has 15 heavy (non-hydrogen) atoms. The van der Waals surface area contributed by atoms with E-state index in [9.17, 15) is 4.79 Å². The second-order valence-corrected chi connectivity index (χ2v) is 3.87. The number of carbonyl (C=O) groups is 1. The first-order chi connectivity index (χ1) is 7.06. The van der Waals surface area contributed by atoms with Gasteiger partial charge in [0.2, 0.25) is 0 Å². The Labute approximate surface area is 94.8 Å². The zero-order chi connectivity index (χ0) is 11.4. The summed E-state index contributed by atoms with van der Waals surface area (Å²) in [7, 11) is 1.77. The molecule has 1 amide bonds. The third-order valence-corrected chi connectivity index (χ3v) is 2.48. The lowest BCUT2D eigenvalue weighted by molar-refractivity contribution is 0.0795. The van der Waals surface area contributed by atoms with Crippen LogP contribution in [0.5, 0.6) is 0 Å². The first-order valence-corrected chi connectivity index (χ1v) is 5.24. The van der Waals surface area contributed by atoms with Gasteiger partial charge in [-0.3, -0.25) is 4.79 Å². The Morgan fingerprint density at radius 1 is 1.53 bits per heavy atom. The van der Waals surface area contributed by atoms with Gasteiger partial charge in [-0.05, 0) is 24.6 Å². The van der Waals surface area contributed by atoms with E-state index in [0.717, 1.165) is 13.0 Å². The molecule has 82 valence electrons. The number of nitrogens with zero attached hydrogens (tertiary/aromatic N) is 1. The van der Waals surface area contributed by atoms with Crippen molar-refractivity contribution >= 4 is 23.2 Å². The molecule has 0 atom stereocenters. The van der Waals surface area contributed by atoms with Crippen molar-refractivity contribution in [3.8, 4) is 0 Å². The van der Waals surface area contributed by atoms with Gasteiger partial charge in [0.05, 0.1) is 10.7 Å². The fourth-order valence-electron chi connectivity index (χ4n) is 1.32. The fourth-order valence-corrected chi connectivity index (χ4v) is 1.50. The van der Waals surface area contributed by atoms with Crippen LogP contribution in [0.15, 0.2) is 18.2 Å². The average molecular weight is 227 g/mol. The predicted molar refractivity (Wildman–Crippen MR) is 63.1 cm³/mol. The lowest BCUT2D eigenvalue weighted by Crippen LogP contribution is -2.27. The molecular formula is C11H15ClN2O. The standard InChI is InChI=1S/C11H15ClN2O/c1-3-6-14(2)11(15)8-4-5-10(13)9(12)7-8/h4-5,7H,3,6,13H2,1-2H3. The van der Waals surface area contributed by atoms with Crippen LogP contribution in [0.2, 0.25) is 5.02 Å². The maximum atomic E-state index is 11.8. The van der Waals surface area contributed by atoms with Gasteiger partial charge in [-0.1, -0.05) is 18.5 Å². The van der Waals surface area contributed by atoms with E-state index in [1.54, 1.807) is 30.1 Å². The van der Waals surface area contributed by atoms with E-state index < -0.39 is 0 Å². The van der Waals surface area contributed by atoms with Crippen molar-refractivity contribution in [2.24, 2.45) is 0 Å². The zero-order valence-electron chi connectivity index (χ0n) is 8.96.